The fourth-order valence-electron chi connectivity index (χ4n) is 2.96. The maximum atomic E-state index is 6.00. The molecule has 25 heavy (non-hydrogen) atoms. The van der Waals surface area contributed by atoms with Crippen LogP contribution in [-0.2, 0) is 0 Å². The molecule has 1 aromatic rings. The molecule has 0 spiro atoms. The lowest BCUT2D eigenvalue weighted by molar-refractivity contribution is 0.140. The highest BCUT2D eigenvalue weighted by Crippen LogP contribution is 2.20. The Labute approximate surface area is 170 Å². The molecule has 1 aliphatic rings. The Balaban J connectivity index is 0.00000312. The van der Waals surface area contributed by atoms with Gasteiger partial charge < -0.3 is 16.0 Å². The maximum Gasteiger partial charge on any atom is 0.193 e. The average molecular weight is 459 g/mol. The van der Waals surface area contributed by atoms with Gasteiger partial charge in [-0.2, -0.15) is 0 Å². The van der Waals surface area contributed by atoms with Crippen LogP contribution >= 0.6 is 24.0 Å². The molecule has 1 aromatic carbocycles. The van der Waals surface area contributed by atoms with E-state index in [9.17, 15) is 0 Å². The molecular weight excluding hydrogens is 425 g/mol. The number of nitrogens with zero attached hydrogens (tertiary/aromatic N) is 3. The zero-order chi connectivity index (χ0) is 17.4. The quantitative estimate of drug-likeness (QED) is 0.374. The Kier molecular flexibility index (Phi) is 10.4. The molecule has 1 heterocycles. The first-order chi connectivity index (χ1) is 11.6. The van der Waals surface area contributed by atoms with E-state index in [-0.39, 0.29) is 24.0 Å². The molecule has 142 valence electrons. The third-order valence-corrected chi connectivity index (χ3v) is 4.97. The van der Waals surface area contributed by atoms with Gasteiger partial charge >= 0.3 is 0 Å². The number of nitrogens with one attached hydrogen (secondary N) is 1. The van der Waals surface area contributed by atoms with E-state index in [2.05, 4.69) is 65.1 Å². The summed E-state index contributed by atoms with van der Waals surface area (Å²) in [6.07, 6.45) is 1.16. The number of anilines is 1. The van der Waals surface area contributed by atoms with Gasteiger partial charge in [0.05, 0.1) is 6.54 Å². The second-order valence-corrected chi connectivity index (χ2v) is 6.60. The second-order valence-electron chi connectivity index (χ2n) is 6.60. The fraction of sp³-hybridized carbons (Fsp3) is 0.632. The van der Waals surface area contributed by atoms with Crippen LogP contribution in [0.5, 0.6) is 0 Å². The van der Waals surface area contributed by atoms with Crippen LogP contribution in [0.2, 0.25) is 0 Å². The van der Waals surface area contributed by atoms with Gasteiger partial charge in [0.15, 0.2) is 5.96 Å². The van der Waals surface area contributed by atoms with E-state index in [1.807, 2.05) is 0 Å². The highest BCUT2D eigenvalue weighted by atomic mass is 127. The van der Waals surface area contributed by atoms with Gasteiger partial charge in [0.1, 0.15) is 0 Å². The van der Waals surface area contributed by atoms with Crippen LogP contribution in [0, 0.1) is 0 Å². The number of hydrogen-bond acceptors (Lipinski definition) is 3. The largest absolute Gasteiger partial charge is 0.370 e. The van der Waals surface area contributed by atoms with Crippen molar-refractivity contribution in [2.75, 3.05) is 51.1 Å². The van der Waals surface area contributed by atoms with E-state index in [1.165, 1.54) is 5.56 Å². The summed E-state index contributed by atoms with van der Waals surface area (Å²) in [5.74, 6) is 1.09. The standard InChI is InChI=1S/C19H33N5.HI/c1-4-16(3)17-6-8-18(9-7-17)22-19(20)21-10-11-24-14-12-23(5-2)13-15-24;/h6-9,16H,4-5,10-15H2,1-3H3,(H3,20,21,22);1H. The van der Waals surface area contributed by atoms with Crippen LogP contribution in [0.1, 0.15) is 38.7 Å². The van der Waals surface area contributed by atoms with Crippen LogP contribution in [0.4, 0.5) is 5.69 Å². The summed E-state index contributed by atoms with van der Waals surface area (Å²) in [5, 5.41) is 3.18. The minimum Gasteiger partial charge on any atom is -0.370 e. The normalized spacial score (nSPS) is 17.8. The number of nitrogens with two attached hydrogens (primary N) is 1. The topological polar surface area (TPSA) is 56.9 Å². The summed E-state index contributed by atoms with van der Waals surface area (Å²) < 4.78 is 0. The molecule has 1 atom stereocenters. The molecule has 6 heteroatoms. The molecule has 0 amide bonds. The van der Waals surface area contributed by atoms with Crippen LogP contribution in [-0.4, -0.2) is 61.6 Å². The lowest BCUT2D eigenvalue weighted by Crippen LogP contribution is -2.46. The highest BCUT2D eigenvalue weighted by Gasteiger charge is 2.14. The number of guanidine groups is 1. The van der Waals surface area contributed by atoms with Gasteiger partial charge in [0, 0.05) is 38.4 Å². The van der Waals surface area contributed by atoms with Gasteiger partial charge in [-0.25, -0.2) is 0 Å². The summed E-state index contributed by atoms with van der Waals surface area (Å²) in [4.78, 5) is 9.40. The van der Waals surface area contributed by atoms with Crippen molar-refractivity contribution in [3.05, 3.63) is 29.8 Å². The molecule has 1 aliphatic heterocycles. The van der Waals surface area contributed by atoms with Gasteiger partial charge in [0.2, 0.25) is 0 Å². The van der Waals surface area contributed by atoms with E-state index in [0.29, 0.717) is 11.9 Å². The zero-order valence-corrected chi connectivity index (χ0v) is 18.2. The van der Waals surface area contributed by atoms with Crippen molar-refractivity contribution < 1.29 is 0 Å². The molecule has 0 aliphatic carbocycles. The highest BCUT2D eigenvalue weighted by molar-refractivity contribution is 14.0. The molecule has 0 bridgehead atoms. The monoisotopic (exact) mass is 459 g/mol. The lowest BCUT2D eigenvalue weighted by atomic mass is 9.99. The smallest absolute Gasteiger partial charge is 0.193 e. The van der Waals surface area contributed by atoms with Gasteiger partial charge in [-0.1, -0.05) is 32.9 Å². The average Bonchev–Trinajstić information content (AvgIpc) is 2.62. The van der Waals surface area contributed by atoms with Crippen molar-refractivity contribution >= 4 is 35.6 Å². The Morgan fingerprint density at radius 2 is 1.72 bits per heavy atom. The zero-order valence-electron chi connectivity index (χ0n) is 15.9. The van der Waals surface area contributed by atoms with Crippen molar-refractivity contribution in [3.8, 4) is 0 Å². The minimum absolute atomic E-state index is 0. The van der Waals surface area contributed by atoms with E-state index in [4.69, 9.17) is 5.73 Å². The predicted octanol–water partition coefficient (Wildman–Crippen LogP) is 3.18. The minimum atomic E-state index is 0. The number of aliphatic imine (C=N–C) groups is 1. The van der Waals surface area contributed by atoms with E-state index >= 15 is 0 Å². The lowest BCUT2D eigenvalue weighted by Gasteiger charge is -2.33. The number of benzene rings is 1. The van der Waals surface area contributed by atoms with Gasteiger partial charge in [-0.15, -0.1) is 24.0 Å². The molecule has 1 fully saturated rings. The Bertz CT molecular complexity index is 509. The summed E-state index contributed by atoms with van der Waals surface area (Å²) in [7, 11) is 0. The van der Waals surface area contributed by atoms with Gasteiger partial charge in [0.25, 0.3) is 0 Å². The molecule has 0 aromatic heterocycles. The van der Waals surface area contributed by atoms with Crippen molar-refractivity contribution in [2.24, 2.45) is 10.7 Å². The first-order valence-corrected chi connectivity index (χ1v) is 9.24. The molecule has 2 rings (SSSR count). The summed E-state index contributed by atoms with van der Waals surface area (Å²) in [5.41, 5.74) is 8.37. The van der Waals surface area contributed by atoms with Gasteiger partial charge in [-0.3, -0.25) is 9.89 Å². The predicted molar refractivity (Wildman–Crippen MR) is 119 cm³/mol. The molecular formula is C19H34IN5. The first kappa shape index (κ1) is 22.2. The molecule has 0 radical (unpaired) electrons. The summed E-state index contributed by atoms with van der Waals surface area (Å²) >= 11 is 0. The number of halogens is 1. The fourth-order valence-corrected chi connectivity index (χ4v) is 2.96. The first-order valence-electron chi connectivity index (χ1n) is 9.24. The van der Waals surface area contributed by atoms with Crippen LogP contribution in [0.3, 0.4) is 0 Å². The maximum absolute atomic E-state index is 6.00. The molecule has 1 unspecified atom stereocenters. The molecule has 0 saturated carbocycles. The van der Waals surface area contributed by atoms with Crippen LogP contribution < -0.4 is 11.1 Å². The number of rotatable bonds is 7. The van der Waals surface area contributed by atoms with E-state index in [0.717, 1.165) is 57.9 Å². The van der Waals surface area contributed by atoms with E-state index in [1.54, 1.807) is 0 Å². The third-order valence-electron chi connectivity index (χ3n) is 4.97. The van der Waals surface area contributed by atoms with Gasteiger partial charge in [-0.05, 0) is 36.6 Å². The van der Waals surface area contributed by atoms with Crippen molar-refractivity contribution in [1.29, 1.82) is 0 Å². The Hall–Kier alpha value is -0.860. The molecule has 3 N–H and O–H groups in total. The number of likely N-dealkylation sites (N-methyl/N-ethyl adjacent to an activating group) is 1. The van der Waals surface area contributed by atoms with Crippen LogP contribution in [0.25, 0.3) is 0 Å². The van der Waals surface area contributed by atoms with Crippen molar-refractivity contribution in [1.82, 2.24) is 9.80 Å². The SMILES string of the molecule is CCC(C)c1ccc(NC(N)=NCCN2CCN(CC)CC2)cc1.I. The third kappa shape index (κ3) is 7.50. The van der Waals surface area contributed by atoms with E-state index < -0.39 is 0 Å². The van der Waals surface area contributed by atoms with Crippen LogP contribution in [0.15, 0.2) is 29.3 Å². The molecule has 5 nitrogen and oxygen atoms in total. The Morgan fingerprint density at radius 1 is 1.12 bits per heavy atom. The Morgan fingerprint density at radius 3 is 2.28 bits per heavy atom. The van der Waals surface area contributed by atoms with Crippen molar-refractivity contribution in [2.45, 2.75) is 33.1 Å². The summed E-state index contributed by atoms with van der Waals surface area (Å²) in [6.45, 7) is 14.2. The second kappa shape index (κ2) is 11.7. The number of piperazine rings is 1. The summed E-state index contributed by atoms with van der Waals surface area (Å²) in [6, 6.07) is 8.48. The molecule has 1 saturated heterocycles. The number of hydrogen-bond donors (Lipinski definition) is 2. The van der Waals surface area contributed by atoms with Crippen molar-refractivity contribution in [3.63, 3.8) is 0 Å².